The minimum absolute atomic E-state index is 0.000950. The second-order valence-corrected chi connectivity index (χ2v) is 14.5. The van der Waals surface area contributed by atoms with Crippen LogP contribution >= 0.6 is 0 Å². The van der Waals surface area contributed by atoms with E-state index < -0.39 is 36.4 Å². The standard InChI is InChI=1S/C36H51FN4O6/c1-5-46-34(44)29-20-25-19-26(15-16-28(25)39-29)38-32(42)31-27(22-9-7-6-8-10-22)17-18-41(31)33(43)24-13-11-23(12-14-24)30(21-37)40-35(45)47-36(2,3)4/h15-16,19-20,22-24,27,30-31,39H,5-14,17-18,21H2,1-4H3,(H,38,42)(H,40,45)/t23?,24?,27-,30?,31-/m0/s1. The van der Waals surface area contributed by atoms with Crippen LogP contribution in [0.3, 0.4) is 0 Å². The summed E-state index contributed by atoms with van der Waals surface area (Å²) in [7, 11) is 0. The summed E-state index contributed by atoms with van der Waals surface area (Å²) >= 11 is 0. The fraction of sp³-hybridized carbons (Fsp3) is 0.667. The molecule has 2 aliphatic carbocycles. The molecule has 0 radical (unpaired) electrons. The second-order valence-electron chi connectivity index (χ2n) is 14.5. The lowest BCUT2D eigenvalue weighted by Gasteiger charge is -2.37. The molecule has 10 nitrogen and oxygen atoms in total. The molecule has 3 N–H and O–H groups in total. The molecule has 3 fully saturated rings. The number of aromatic nitrogens is 1. The highest BCUT2D eigenvalue weighted by molar-refractivity contribution is 6.01. The molecule has 2 saturated carbocycles. The van der Waals surface area contributed by atoms with Gasteiger partial charge in [0.15, 0.2) is 0 Å². The van der Waals surface area contributed by atoms with E-state index in [2.05, 4.69) is 15.6 Å². The molecule has 3 aliphatic rings. The number of H-pyrrole nitrogens is 1. The number of hydrogen-bond donors (Lipinski definition) is 3. The number of likely N-dealkylation sites (tertiary alicyclic amines) is 1. The number of hydrogen-bond acceptors (Lipinski definition) is 6. The van der Waals surface area contributed by atoms with E-state index in [9.17, 15) is 23.6 Å². The molecule has 2 aromatic rings. The fourth-order valence-electron chi connectivity index (χ4n) is 7.95. The van der Waals surface area contributed by atoms with Gasteiger partial charge in [-0.3, -0.25) is 9.59 Å². The largest absolute Gasteiger partial charge is 0.461 e. The van der Waals surface area contributed by atoms with E-state index in [1.54, 1.807) is 39.8 Å². The van der Waals surface area contributed by atoms with Gasteiger partial charge in [0.05, 0.1) is 12.6 Å². The third kappa shape index (κ3) is 8.46. The summed E-state index contributed by atoms with van der Waals surface area (Å²) in [5.74, 6) is -0.452. The molecule has 258 valence electrons. The summed E-state index contributed by atoms with van der Waals surface area (Å²) in [6.07, 6.45) is 8.21. The van der Waals surface area contributed by atoms with E-state index >= 15 is 0 Å². The number of esters is 1. The van der Waals surface area contributed by atoms with Crippen molar-refractivity contribution < 1.29 is 33.0 Å². The van der Waals surface area contributed by atoms with Crippen LogP contribution in [0.2, 0.25) is 0 Å². The number of nitrogens with zero attached hydrogens (tertiary/aromatic N) is 1. The topological polar surface area (TPSA) is 130 Å². The summed E-state index contributed by atoms with van der Waals surface area (Å²) in [6, 6.07) is 5.95. The predicted octanol–water partition coefficient (Wildman–Crippen LogP) is 6.75. The van der Waals surface area contributed by atoms with E-state index in [0.29, 0.717) is 49.5 Å². The van der Waals surface area contributed by atoms with Crippen molar-refractivity contribution in [2.24, 2.45) is 23.7 Å². The van der Waals surface area contributed by atoms with Gasteiger partial charge in [-0.2, -0.15) is 0 Å². The number of alkyl carbamates (subject to hydrolysis) is 1. The normalized spacial score (nSPS) is 24.5. The van der Waals surface area contributed by atoms with Crippen LogP contribution in [0.25, 0.3) is 10.9 Å². The average Bonchev–Trinajstić information content (AvgIpc) is 3.68. The van der Waals surface area contributed by atoms with Crippen LogP contribution < -0.4 is 10.6 Å². The van der Waals surface area contributed by atoms with Crippen LogP contribution in [-0.2, 0) is 19.1 Å². The number of amides is 3. The van der Waals surface area contributed by atoms with E-state index in [-0.39, 0.29) is 36.2 Å². The number of alkyl halides is 1. The molecule has 1 aromatic heterocycles. The van der Waals surface area contributed by atoms with Crippen LogP contribution in [0.1, 0.15) is 102 Å². The quantitative estimate of drug-likeness (QED) is 0.257. The van der Waals surface area contributed by atoms with Gasteiger partial charge in [-0.15, -0.1) is 0 Å². The van der Waals surface area contributed by atoms with Gasteiger partial charge in [0.2, 0.25) is 11.8 Å². The number of fused-ring (bicyclic) bond motifs is 1. The monoisotopic (exact) mass is 654 g/mol. The van der Waals surface area contributed by atoms with Gasteiger partial charge in [0.25, 0.3) is 0 Å². The SMILES string of the molecule is CCOC(=O)c1cc2cc(NC(=O)[C@@H]3[C@H](C4CCCCC4)CCN3C(=O)C3CCC(C(CF)NC(=O)OC(C)(C)C)CC3)ccc2[nH]1. The summed E-state index contributed by atoms with van der Waals surface area (Å²) < 4.78 is 24.5. The molecule has 5 rings (SSSR count). The lowest BCUT2D eigenvalue weighted by atomic mass is 9.76. The Morgan fingerprint density at radius 1 is 1.00 bits per heavy atom. The van der Waals surface area contributed by atoms with Gasteiger partial charge in [-0.05, 0) is 102 Å². The first kappa shape index (κ1) is 34.7. The van der Waals surface area contributed by atoms with Gasteiger partial charge in [-0.25, -0.2) is 14.0 Å². The molecule has 3 amide bonds. The van der Waals surface area contributed by atoms with Gasteiger partial charge >= 0.3 is 12.1 Å². The maximum atomic E-state index is 14.1. The number of aromatic amines is 1. The number of halogens is 1. The highest BCUT2D eigenvalue weighted by atomic mass is 19.1. The van der Waals surface area contributed by atoms with Crippen LogP contribution in [0.4, 0.5) is 14.9 Å². The Hall–Kier alpha value is -3.63. The van der Waals surface area contributed by atoms with Crippen molar-refractivity contribution in [3.8, 4) is 0 Å². The first-order chi connectivity index (χ1) is 22.5. The van der Waals surface area contributed by atoms with E-state index in [0.717, 1.165) is 43.0 Å². The number of rotatable bonds is 9. The minimum atomic E-state index is -0.696. The van der Waals surface area contributed by atoms with E-state index in [1.807, 2.05) is 17.0 Å². The zero-order valence-corrected chi connectivity index (χ0v) is 28.2. The van der Waals surface area contributed by atoms with Crippen LogP contribution in [0, 0.1) is 23.7 Å². The lowest BCUT2D eigenvalue weighted by molar-refractivity contribution is -0.142. The highest BCUT2D eigenvalue weighted by Crippen LogP contribution is 2.41. The van der Waals surface area contributed by atoms with Crippen molar-refractivity contribution in [1.29, 1.82) is 0 Å². The van der Waals surface area contributed by atoms with Gasteiger partial charge in [0.1, 0.15) is 24.0 Å². The Bertz CT molecular complexity index is 1420. The van der Waals surface area contributed by atoms with Crippen LogP contribution in [-0.4, -0.2) is 71.3 Å². The molecule has 1 aromatic carbocycles. The summed E-state index contributed by atoms with van der Waals surface area (Å²) in [6.45, 7) is 7.18. The highest BCUT2D eigenvalue weighted by Gasteiger charge is 2.47. The summed E-state index contributed by atoms with van der Waals surface area (Å²) in [5, 5.41) is 6.57. The minimum Gasteiger partial charge on any atom is -0.461 e. The van der Waals surface area contributed by atoms with Crippen molar-refractivity contribution in [1.82, 2.24) is 15.2 Å². The van der Waals surface area contributed by atoms with Crippen molar-refractivity contribution >= 4 is 40.5 Å². The smallest absolute Gasteiger partial charge is 0.407 e. The molecule has 47 heavy (non-hydrogen) atoms. The molecule has 3 atom stereocenters. The molecule has 1 saturated heterocycles. The number of anilines is 1. The summed E-state index contributed by atoms with van der Waals surface area (Å²) in [4.78, 5) is 57.6. The Morgan fingerprint density at radius 3 is 2.38 bits per heavy atom. The van der Waals surface area contributed by atoms with Gasteiger partial charge in [-0.1, -0.05) is 32.1 Å². The second kappa shape index (κ2) is 15.1. The predicted molar refractivity (Wildman–Crippen MR) is 178 cm³/mol. The molecule has 0 bridgehead atoms. The fourth-order valence-corrected chi connectivity index (χ4v) is 7.95. The van der Waals surface area contributed by atoms with Crippen molar-refractivity contribution in [3.05, 3.63) is 30.0 Å². The molecule has 11 heteroatoms. The van der Waals surface area contributed by atoms with Crippen LogP contribution in [0.5, 0.6) is 0 Å². The maximum absolute atomic E-state index is 14.1. The van der Waals surface area contributed by atoms with Gasteiger partial charge in [0, 0.05) is 29.1 Å². The Kier molecular flexibility index (Phi) is 11.1. The van der Waals surface area contributed by atoms with Crippen molar-refractivity contribution in [2.75, 3.05) is 25.1 Å². The Balaban J connectivity index is 1.27. The molecular weight excluding hydrogens is 603 g/mol. The Labute approximate surface area is 276 Å². The van der Waals surface area contributed by atoms with Crippen molar-refractivity contribution in [2.45, 2.75) is 110 Å². The number of nitrogens with one attached hydrogen (secondary N) is 3. The third-order valence-electron chi connectivity index (χ3n) is 10.2. The average molecular weight is 655 g/mol. The molecule has 1 unspecified atom stereocenters. The van der Waals surface area contributed by atoms with Gasteiger partial charge < -0.3 is 30.0 Å². The molecule has 1 aliphatic heterocycles. The molecular formula is C36H51FN4O6. The third-order valence-corrected chi connectivity index (χ3v) is 10.2. The number of carbonyl (C=O) groups is 4. The Morgan fingerprint density at radius 2 is 1.72 bits per heavy atom. The number of benzene rings is 1. The number of carbonyl (C=O) groups excluding carboxylic acids is 4. The number of ether oxygens (including phenoxy) is 2. The zero-order valence-electron chi connectivity index (χ0n) is 28.2. The van der Waals surface area contributed by atoms with E-state index in [4.69, 9.17) is 9.47 Å². The lowest BCUT2D eigenvalue weighted by Crippen LogP contribution is -2.50. The van der Waals surface area contributed by atoms with Crippen LogP contribution in [0.15, 0.2) is 24.3 Å². The molecule has 2 heterocycles. The van der Waals surface area contributed by atoms with E-state index in [1.165, 1.54) is 6.42 Å². The van der Waals surface area contributed by atoms with Crippen molar-refractivity contribution in [3.63, 3.8) is 0 Å². The zero-order chi connectivity index (χ0) is 33.7. The maximum Gasteiger partial charge on any atom is 0.407 e. The summed E-state index contributed by atoms with van der Waals surface area (Å²) in [5.41, 5.74) is 1.04. The molecule has 0 spiro atoms. The first-order valence-electron chi connectivity index (χ1n) is 17.4. The first-order valence-corrected chi connectivity index (χ1v) is 17.4.